The van der Waals surface area contributed by atoms with Gasteiger partial charge in [0.05, 0.1) is 0 Å². The Morgan fingerprint density at radius 2 is 1.95 bits per heavy atom. The molecule has 1 aromatic carbocycles. The van der Waals surface area contributed by atoms with Crippen molar-refractivity contribution in [1.82, 2.24) is 10.2 Å². The van der Waals surface area contributed by atoms with Crippen molar-refractivity contribution in [3.63, 3.8) is 0 Å². The van der Waals surface area contributed by atoms with Gasteiger partial charge < -0.3 is 10.4 Å². The van der Waals surface area contributed by atoms with Gasteiger partial charge in [-0.3, -0.25) is 4.90 Å². The van der Waals surface area contributed by atoms with E-state index in [1.807, 2.05) is 0 Å². The van der Waals surface area contributed by atoms with Crippen LogP contribution in [0.15, 0.2) is 27.1 Å². The van der Waals surface area contributed by atoms with Crippen LogP contribution in [0.1, 0.15) is 11.6 Å². The maximum Gasteiger partial charge on any atom is 0.289 e. The van der Waals surface area contributed by atoms with Crippen molar-refractivity contribution in [1.29, 1.82) is 0 Å². The molecular weight excluding hydrogens is 398 g/mol. The molecule has 1 aliphatic heterocycles. The molecule has 0 radical (unpaired) electrons. The van der Waals surface area contributed by atoms with Gasteiger partial charge in [0.1, 0.15) is 12.6 Å². The van der Waals surface area contributed by atoms with Crippen molar-refractivity contribution < 1.29 is 13.9 Å². The van der Waals surface area contributed by atoms with E-state index in [-0.39, 0.29) is 0 Å². The van der Waals surface area contributed by atoms with E-state index < -0.39 is 18.6 Å². The van der Waals surface area contributed by atoms with Crippen LogP contribution in [-0.4, -0.2) is 48.7 Å². The van der Waals surface area contributed by atoms with E-state index >= 15 is 0 Å². The van der Waals surface area contributed by atoms with Crippen molar-refractivity contribution >= 4 is 31.9 Å². The fraction of sp³-hybridized carbons (Fsp3) is 0.538. The van der Waals surface area contributed by atoms with E-state index in [0.29, 0.717) is 36.2 Å². The van der Waals surface area contributed by atoms with Crippen molar-refractivity contribution in [3.05, 3.63) is 32.7 Å². The normalized spacial score (nSPS) is 19.1. The molecule has 20 heavy (non-hydrogen) atoms. The molecule has 2 N–H and O–H groups in total. The first-order chi connectivity index (χ1) is 9.45. The highest BCUT2D eigenvalue weighted by Crippen LogP contribution is 2.40. The predicted molar refractivity (Wildman–Crippen MR) is 81.1 cm³/mol. The van der Waals surface area contributed by atoms with Crippen LogP contribution in [0.4, 0.5) is 8.78 Å². The molecule has 2 rings (SSSR count). The van der Waals surface area contributed by atoms with Gasteiger partial charge in [-0.15, -0.1) is 0 Å². The second-order valence-electron chi connectivity index (χ2n) is 4.77. The number of hydrogen-bond donors (Lipinski definition) is 2. The zero-order chi connectivity index (χ0) is 14.8. The minimum Gasteiger partial charge on any atom is -0.390 e. The lowest BCUT2D eigenvalue weighted by atomic mass is 9.98. The first kappa shape index (κ1) is 16.3. The van der Waals surface area contributed by atoms with E-state index in [2.05, 4.69) is 37.2 Å². The number of rotatable bonds is 4. The Hall–Kier alpha value is -0.0800. The number of alkyl halides is 2. The summed E-state index contributed by atoms with van der Waals surface area (Å²) in [5, 5.41) is 12.2. The molecule has 1 atom stereocenters. The Morgan fingerprint density at radius 3 is 2.55 bits per heavy atom. The Balaban J connectivity index is 2.42. The largest absolute Gasteiger partial charge is 0.390 e. The van der Waals surface area contributed by atoms with Crippen LogP contribution in [0.3, 0.4) is 0 Å². The molecule has 1 aliphatic rings. The summed E-state index contributed by atoms with van der Waals surface area (Å²) in [6, 6.07) is 4.07. The SMILES string of the molecule is OCC(F)(F)[C@H](c1cc(Br)ccc1Br)N1CCNCC1. The van der Waals surface area contributed by atoms with Gasteiger partial charge in [-0.25, -0.2) is 8.78 Å². The van der Waals surface area contributed by atoms with Crippen LogP contribution < -0.4 is 5.32 Å². The van der Waals surface area contributed by atoms with E-state index in [0.717, 1.165) is 4.47 Å². The summed E-state index contributed by atoms with van der Waals surface area (Å²) in [5.74, 6) is -3.19. The molecule has 0 aromatic heterocycles. The second-order valence-corrected chi connectivity index (χ2v) is 6.54. The fourth-order valence-corrected chi connectivity index (χ4v) is 3.28. The summed E-state index contributed by atoms with van der Waals surface area (Å²) in [7, 11) is 0. The maximum atomic E-state index is 14.3. The summed E-state index contributed by atoms with van der Waals surface area (Å²) in [6.07, 6.45) is 0. The van der Waals surface area contributed by atoms with Crippen LogP contribution in [0.25, 0.3) is 0 Å². The van der Waals surface area contributed by atoms with Gasteiger partial charge in [0, 0.05) is 35.1 Å². The summed E-state index contributed by atoms with van der Waals surface area (Å²) in [5.41, 5.74) is 0.486. The average Bonchev–Trinajstić information content (AvgIpc) is 2.44. The predicted octanol–water partition coefficient (Wildman–Crippen LogP) is 2.79. The number of nitrogens with zero attached hydrogens (tertiary/aromatic N) is 1. The third-order valence-electron chi connectivity index (χ3n) is 3.38. The van der Waals surface area contributed by atoms with Crippen molar-refractivity contribution in [2.45, 2.75) is 12.0 Å². The molecule has 0 unspecified atom stereocenters. The Bertz CT molecular complexity index is 468. The Labute approximate surface area is 133 Å². The van der Waals surface area contributed by atoms with Crippen molar-refractivity contribution in [3.8, 4) is 0 Å². The molecule has 1 fully saturated rings. The highest BCUT2D eigenvalue weighted by molar-refractivity contribution is 9.11. The summed E-state index contributed by atoms with van der Waals surface area (Å²) < 4.78 is 29.9. The summed E-state index contributed by atoms with van der Waals surface area (Å²) in [6.45, 7) is 1.23. The topological polar surface area (TPSA) is 35.5 Å². The van der Waals surface area contributed by atoms with Gasteiger partial charge in [0.25, 0.3) is 5.92 Å². The zero-order valence-corrected chi connectivity index (χ0v) is 13.9. The van der Waals surface area contributed by atoms with E-state index in [9.17, 15) is 8.78 Å². The zero-order valence-electron chi connectivity index (χ0n) is 10.8. The Kier molecular flexibility index (Phi) is 5.53. The number of aliphatic hydroxyl groups is 1. The summed E-state index contributed by atoms with van der Waals surface area (Å²) >= 11 is 6.66. The molecule has 1 heterocycles. The fourth-order valence-electron chi connectivity index (χ4n) is 2.44. The third kappa shape index (κ3) is 3.57. The standard InChI is InChI=1S/C13H16Br2F2N2O/c14-9-1-2-11(15)10(7-9)12(13(16,17)8-20)19-5-3-18-4-6-19/h1-2,7,12,18,20H,3-6,8H2/t12-/m0/s1. The molecule has 3 nitrogen and oxygen atoms in total. The molecule has 7 heteroatoms. The lowest BCUT2D eigenvalue weighted by Crippen LogP contribution is -2.51. The first-order valence-corrected chi connectivity index (χ1v) is 7.92. The number of piperazine rings is 1. The minimum absolute atomic E-state index is 0.486. The van der Waals surface area contributed by atoms with Crippen LogP contribution in [0.5, 0.6) is 0 Å². The van der Waals surface area contributed by atoms with Gasteiger partial charge in [-0.2, -0.15) is 0 Å². The first-order valence-electron chi connectivity index (χ1n) is 6.34. The molecule has 1 saturated heterocycles. The number of halogens is 4. The number of benzene rings is 1. The van der Waals surface area contributed by atoms with Crippen LogP contribution >= 0.6 is 31.9 Å². The van der Waals surface area contributed by atoms with E-state index in [4.69, 9.17) is 5.11 Å². The number of aliphatic hydroxyl groups excluding tert-OH is 1. The van der Waals surface area contributed by atoms with Gasteiger partial charge in [0.2, 0.25) is 0 Å². The quantitative estimate of drug-likeness (QED) is 0.796. The monoisotopic (exact) mass is 412 g/mol. The molecule has 0 aliphatic carbocycles. The molecule has 0 spiro atoms. The van der Waals surface area contributed by atoms with Gasteiger partial charge in [-0.05, 0) is 23.8 Å². The van der Waals surface area contributed by atoms with Crippen LogP contribution in [0.2, 0.25) is 0 Å². The maximum absolute atomic E-state index is 14.3. The smallest absolute Gasteiger partial charge is 0.289 e. The highest BCUT2D eigenvalue weighted by Gasteiger charge is 2.44. The average molecular weight is 414 g/mol. The van der Waals surface area contributed by atoms with Crippen molar-refractivity contribution in [2.24, 2.45) is 0 Å². The second kappa shape index (κ2) is 6.79. The lowest BCUT2D eigenvalue weighted by Gasteiger charge is -2.39. The van der Waals surface area contributed by atoms with Crippen LogP contribution in [-0.2, 0) is 0 Å². The van der Waals surface area contributed by atoms with Crippen LogP contribution in [0, 0.1) is 0 Å². The van der Waals surface area contributed by atoms with Crippen molar-refractivity contribution in [2.75, 3.05) is 32.8 Å². The third-order valence-corrected chi connectivity index (χ3v) is 4.60. The van der Waals surface area contributed by atoms with E-state index in [1.54, 1.807) is 23.1 Å². The lowest BCUT2D eigenvalue weighted by molar-refractivity contribution is -0.118. The van der Waals surface area contributed by atoms with Gasteiger partial charge in [0.15, 0.2) is 0 Å². The molecule has 112 valence electrons. The number of hydrogen-bond acceptors (Lipinski definition) is 3. The molecule has 0 amide bonds. The Morgan fingerprint density at radius 1 is 1.30 bits per heavy atom. The molecule has 1 aromatic rings. The molecule has 0 bridgehead atoms. The van der Waals surface area contributed by atoms with E-state index in [1.165, 1.54) is 0 Å². The minimum atomic E-state index is -3.19. The molecule has 0 saturated carbocycles. The van der Waals surface area contributed by atoms with Gasteiger partial charge >= 0.3 is 0 Å². The summed E-state index contributed by atoms with van der Waals surface area (Å²) in [4.78, 5) is 1.72. The number of nitrogens with one attached hydrogen (secondary N) is 1. The molecular formula is C13H16Br2F2N2O. The highest BCUT2D eigenvalue weighted by atomic mass is 79.9. The van der Waals surface area contributed by atoms with Gasteiger partial charge in [-0.1, -0.05) is 31.9 Å².